The van der Waals surface area contributed by atoms with Gasteiger partial charge in [-0.3, -0.25) is 20.1 Å². The molecule has 0 spiro atoms. The molecule has 21 heavy (non-hydrogen) atoms. The number of aryl methyl sites for hydroxylation is 1. The minimum atomic E-state index is -0.234. The van der Waals surface area contributed by atoms with Gasteiger partial charge in [-0.25, -0.2) is 5.84 Å². The van der Waals surface area contributed by atoms with Gasteiger partial charge in [0, 0.05) is 24.2 Å². The summed E-state index contributed by atoms with van der Waals surface area (Å²) in [7, 11) is 0. The molecule has 0 aliphatic heterocycles. The molecule has 112 valence electrons. The molecule has 0 saturated heterocycles. The zero-order chi connectivity index (χ0) is 15.2. The molecule has 0 saturated carbocycles. The number of rotatable bonds is 6. The number of hydrogen-bond acceptors (Lipinski definition) is 5. The minimum Gasteiger partial charge on any atom is -0.293 e. The third kappa shape index (κ3) is 4.10. The predicted molar refractivity (Wildman–Crippen MR) is 84.7 cm³/mol. The Balaban J connectivity index is 2.08. The Kier molecular flexibility index (Phi) is 5.44. The quantitative estimate of drug-likeness (QED) is 0.487. The van der Waals surface area contributed by atoms with Crippen molar-refractivity contribution in [3.8, 4) is 0 Å². The van der Waals surface area contributed by atoms with E-state index >= 15 is 0 Å². The van der Waals surface area contributed by atoms with Crippen molar-refractivity contribution in [2.24, 2.45) is 5.84 Å². The van der Waals surface area contributed by atoms with E-state index in [1.54, 1.807) is 0 Å². The van der Waals surface area contributed by atoms with E-state index in [2.05, 4.69) is 22.2 Å². The van der Waals surface area contributed by atoms with Crippen LogP contribution in [-0.4, -0.2) is 22.3 Å². The zero-order valence-corrected chi connectivity index (χ0v) is 13.1. The SMILES string of the molecule is CCN(Cc1ccccn1)Cc1cc(C(=O)NN)sc1C. The smallest absolute Gasteiger partial charge is 0.275 e. The highest BCUT2D eigenvalue weighted by Gasteiger charge is 2.14. The Hall–Kier alpha value is -1.76. The van der Waals surface area contributed by atoms with Crippen LogP contribution < -0.4 is 11.3 Å². The molecule has 0 radical (unpaired) electrons. The van der Waals surface area contributed by atoms with Crippen molar-refractivity contribution in [1.82, 2.24) is 15.3 Å². The lowest BCUT2D eigenvalue weighted by atomic mass is 10.2. The summed E-state index contributed by atoms with van der Waals surface area (Å²) in [5.41, 5.74) is 4.39. The highest BCUT2D eigenvalue weighted by atomic mass is 32.1. The molecule has 0 unspecified atom stereocenters. The number of thiophene rings is 1. The Morgan fingerprint density at radius 2 is 2.24 bits per heavy atom. The summed E-state index contributed by atoms with van der Waals surface area (Å²) in [6, 6.07) is 7.86. The third-order valence-electron chi connectivity index (χ3n) is 3.33. The van der Waals surface area contributed by atoms with Crippen molar-refractivity contribution >= 4 is 17.2 Å². The van der Waals surface area contributed by atoms with Crippen LogP contribution >= 0.6 is 11.3 Å². The Bertz CT molecular complexity index is 597. The first-order chi connectivity index (χ1) is 10.1. The van der Waals surface area contributed by atoms with Crippen molar-refractivity contribution in [2.75, 3.05) is 6.54 Å². The highest BCUT2D eigenvalue weighted by molar-refractivity contribution is 7.14. The summed E-state index contributed by atoms with van der Waals surface area (Å²) in [5, 5.41) is 0. The first-order valence-corrected chi connectivity index (χ1v) is 7.68. The summed E-state index contributed by atoms with van der Waals surface area (Å²) < 4.78 is 0. The first kappa shape index (κ1) is 15.6. The van der Waals surface area contributed by atoms with Crippen molar-refractivity contribution in [1.29, 1.82) is 0 Å². The number of carbonyl (C=O) groups excluding carboxylic acids is 1. The monoisotopic (exact) mass is 304 g/mol. The Morgan fingerprint density at radius 1 is 1.43 bits per heavy atom. The van der Waals surface area contributed by atoms with Crippen LogP contribution in [0.25, 0.3) is 0 Å². The van der Waals surface area contributed by atoms with E-state index in [4.69, 9.17) is 5.84 Å². The lowest BCUT2D eigenvalue weighted by Crippen LogP contribution is -2.29. The molecule has 2 rings (SSSR count). The van der Waals surface area contributed by atoms with Gasteiger partial charge in [-0.05, 0) is 37.2 Å². The topological polar surface area (TPSA) is 71.2 Å². The van der Waals surface area contributed by atoms with Crippen LogP contribution in [0.1, 0.15) is 32.7 Å². The van der Waals surface area contributed by atoms with Gasteiger partial charge in [-0.2, -0.15) is 0 Å². The van der Waals surface area contributed by atoms with Gasteiger partial charge in [0.1, 0.15) is 0 Å². The fraction of sp³-hybridized carbons (Fsp3) is 0.333. The second kappa shape index (κ2) is 7.31. The van der Waals surface area contributed by atoms with Gasteiger partial charge < -0.3 is 0 Å². The van der Waals surface area contributed by atoms with Crippen LogP contribution in [0, 0.1) is 6.92 Å². The van der Waals surface area contributed by atoms with Gasteiger partial charge in [0.2, 0.25) is 0 Å². The molecule has 0 aliphatic carbocycles. The molecular formula is C15H20N4OS. The molecule has 3 N–H and O–H groups in total. The zero-order valence-electron chi connectivity index (χ0n) is 12.3. The fourth-order valence-electron chi connectivity index (χ4n) is 2.10. The molecule has 0 fully saturated rings. The van der Waals surface area contributed by atoms with E-state index in [1.165, 1.54) is 11.3 Å². The van der Waals surface area contributed by atoms with Gasteiger partial charge in [0.25, 0.3) is 5.91 Å². The maximum absolute atomic E-state index is 11.6. The number of nitrogens with one attached hydrogen (secondary N) is 1. The van der Waals surface area contributed by atoms with Crippen molar-refractivity contribution in [3.63, 3.8) is 0 Å². The maximum Gasteiger partial charge on any atom is 0.275 e. The lowest BCUT2D eigenvalue weighted by Gasteiger charge is -2.19. The fourth-order valence-corrected chi connectivity index (χ4v) is 3.04. The summed E-state index contributed by atoms with van der Waals surface area (Å²) >= 11 is 1.47. The number of nitrogens with two attached hydrogens (primary N) is 1. The van der Waals surface area contributed by atoms with Crippen LogP contribution in [0.5, 0.6) is 0 Å². The normalized spacial score (nSPS) is 10.9. The lowest BCUT2D eigenvalue weighted by molar-refractivity contribution is 0.0957. The molecule has 2 aromatic heterocycles. The van der Waals surface area contributed by atoms with Crippen LogP contribution in [-0.2, 0) is 13.1 Å². The van der Waals surface area contributed by atoms with E-state index in [0.29, 0.717) is 4.88 Å². The standard InChI is InChI=1S/C15H20N4OS/c1-3-19(10-13-6-4-5-7-17-13)9-12-8-14(15(20)18-16)21-11(12)2/h4-8H,3,9-10,16H2,1-2H3,(H,18,20). The molecule has 6 heteroatoms. The number of amides is 1. The Labute approximate surface area is 128 Å². The molecule has 2 aromatic rings. The van der Waals surface area contributed by atoms with Gasteiger partial charge in [-0.1, -0.05) is 13.0 Å². The number of nitrogens with zero attached hydrogens (tertiary/aromatic N) is 2. The number of pyridine rings is 1. The molecular weight excluding hydrogens is 284 g/mol. The van der Waals surface area contributed by atoms with Crippen LogP contribution in [0.4, 0.5) is 0 Å². The summed E-state index contributed by atoms with van der Waals surface area (Å²) in [6.07, 6.45) is 1.81. The van der Waals surface area contributed by atoms with Crippen molar-refractivity contribution in [2.45, 2.75) is 26.9 Å². The number of aromatic nitrogens is 1. The van der Waals surface area contributed by atoms with Crippen LogP contribution in [0.2, 0.25) is 0 Å². The van der Waals surface area contributed by atoms with Gasteiger partial charge in [0.15, 0.2) is 0 Å². The van der Waals surface area contributed by atoms with Gasteiger partial charge >= 0.3 is 0 Å². The highest BCUT2D eigenvalue weighted by Crippen LogP contribution is 2.23. The van der Waals surface area contributed by atoms with Crippen LogP contribution in [0.15, 0.2) is 30.5 Å². The van der Waals surface area contributed by atoms with E-state index < -0.39 is 0 Å². The van der Waals surface area contributed by atoms with E-state index in [1.807, 2.05) is 37.4 Å². The van der Waals surface area contributed by atoms with Gasteiger partial charge in [-0.15, -0.1) is 11.3 Å². The van der Waals surface area contributed by atoms with E-state index in [0.717, 1.165) is 35.8 Å². The maximum atomic E-state index is 11.6. The molecule has 0 aliphatic rings. The predicted octanol–water partition coefficient (Wildman–Crippen LogP) is 2.08. The van der Waals surface area contributed by atoms with E-state index in [-0.39, 0.29) is 5.91 Å². The Morgan fingerprint density at radius 3 is 2.86 bits per heavy atom. The molecule has 0 bridgehead atoms. The number of nitrogen functional groups attached to an aromatic ring is 1. The largest absolute Gasteiger partial charge is 0.293 e. The van der Waals surface area contributed by atoms with E-state index in [9.17, 15) is 4.79 Å². The number of carbonyl (C=O) groups is 1. The molecule has 0 aromatic carbocycles. The van der Waals surface area contributed by atoms with Crippen LogP contribution in [0.3, 0.4) is 0 Å². The molecule has 2 heterocycles. The average molecular weight is 304 g/mol. The summed E-state index contributed by atoms with van der Waals surface area (Å²) in [4.78, 5) is 20.0. The number of hydrazine groups is 1. The number of hydrogen-bond donors (Lipinski definition) is 2. The molecule has 5 nitrogen and oxygen atoms in total. The second-order valence-electron chi connectivity index (χ2n) is 4.79. The summed E-state index contributed by atoms with van der Waals surface area (Å²) in [5.74, 6) is 4.95. The molecule has 1 amide bonds. The van der Waals surface area contributed by atoms with Crippen molar-refractivity contribution in [3.05, 3.63) is 51.5 Å². The minimum absolute atomic E-state index is 0.234. The van der Waals surface area contributed by atoms with Crippen molar-refractivity contribution < 1.29 is 4.79 Å². The van der Waals surface area contributed by atoms with Gasteiger partial charge in [0.05, 0.1) is 10.6 Å². The third-order valence-corrected chi connectivity index (χ3v) is 4.42. The average Bonchev–Trinajstić information content (AvgIpc) is 2.88. The molecule has 0 atom stereocenters. The summed E-state index contributed by atoms with van der Waals surface area (Å²) in [6.45, 7) is 6.67. The first-order valence-electron chi connectivity index (χ1n) is 6.86. The second-order valence-corrected chi connectivity index (χ2v) is 6.05.